The molecule has 0 saturated heterocycles. The van der Waals surface area contributed by atoms with E-state index in [1.54, 1.807) is 16.7 Å². The molecule has 1 amide bonds. The van der Waals surface area contributed by atoms with Crippen molar-refractivity contribution in [1.29, 1.82) is 0 Å². The lowest BCUT2D eigenvalue weighted by molar-refractivity contribution is -0.117. The maximum atomic E-state index is 12.4. The van der Waals surface area contributed by atoms with Gasteiger partial charge in [-0.1, -0.05) is 42.5 Å². The summed E-state index contributed by atoms with van der Waals surface area (Å²) in [5.74, 6) is 0.188. The first kappa shape index (κ1) is 12.3. The molecule has 0 fully saturated rings. The maximum Gasteiger partial charge on any atom is 0.240 e. The summed E-state index contributed by atoms with van der Waals surface area (Å²) in [6.45, 7) is 0. The quantitative estimate of drug-likeness (QED) is 0.833. The highest BCUT2D eigenvalue weighted by molar-refractivity contribution is 8.01. The number of amides is 1. The van der Waals surface area contributed by atoms with E-state index in [1.165, 1.54) is 10.5 Å². The number of carbonyl (C=O) groups is 1. The number of carbonyl (C=O) groups excluding carboxylic acids is 1. The third-order valence-electron chi connectivity index (χ3n) is 3.37. The normalized spacial score (nSPS) is 18.3. The second-order valence-corrected chi connectivity index (χ2v) is 5.91. The van der Waals surface area contributed by atoms with Crippen LogP contribution in [0.25, 0.3) is 0 Å². The van der Waals surface area contributed by atoms with Gasteiger partial charge in [0.15, 0.2) is 0 Å². The minimum Gasteiger partial charge on any atom is -0.313 e. The molecule has 0 aliphatic carbocycles. The largest absolute Gasteiger partial charge is 0.313 e. The Bertz CT molecular complexity index is 597. The third kappa shape index (κ3) is 2.38. The van der Waals surface area contributed by atoms with Gasteiger partial charge in [-0.05, 0) is 24.1 Å². The van der Waals surface area contributed by atoms with Crippen LogP contribution in [-0.2, 0) is 11.2 Å². The molecule has 19 heavy (non-hydrogen) atoms. The first-order valence-electron chi connectivity index (χ1n) is 6.33. The molecule has 96 valence electrons. The molecule has 3 heteroatoms. The first-order chi connectivity index (χ1) is 9.25. The number of hydrogen-bond donors (Lipinski definition) is 0. The lowest BCUT2D eigenvalue weighted by atomic mass is 10.1. The minimum absolute atomic E-state index is 0.0256. The van der Waals surface area contributed by atoms with Gasteiger partial charge in [0.25, 0.3) is 0 Å². The van der Waals surface area contributed by atoms with Crippen LogP contribution in [0.3, 0.4) is 0 Å². The summed E-state index contributed by atoms with van der Waals surface area (Å²) in [6, 6.07) is 18.3. The Hall–Kier alpha value is -1.74. The summed E-state index contributed by atoms with van der Waals surface area (Å²) in [7, 11) is 1.86. The Morgan fingerprint density at radius 3 is 2.53 bits per heavy atom. The van der Waals surface area contributed by atoms with E-state index in [2.05, 4.69) is 18.2 Å². The fourth-order valence-corrected chi connectivity index (χ4v) is 3.65. The fraction of sp³-hybridized carbons (Fsp3) is 0.188. The molecule has 0 radical (unpaired) electrons. The highest BCUT2D eigenvalue weighted by Crippen LogP contribution is 2.39. The molecule has 1 aliphatic heterocycles. The minimum atomic E-state index is -0.0256. The van der Waals surface area contributed by atoms with Crippen molar-refractivity contribution in [2.24, 2.45) is 0 Å². The van der Waals surface area contributed by atoms with E-state index in [4.69, 9.17) is 0 Å². The van der Waals surface area contributed by atoms with Crippen molar-refractivity contribution in [3.8, 4) is 0 Å². The van der Waals surface area contributed by atoms with Gasteiger partial charge in [0.2, 0.25) is 5.91 Å². The summed E-state index contributed by atoms with van der Waals surface area (Å²) in [5.41, 5.74) is 2.22. The summed E-state index contributed by atoms with van der Waals surface area (Å²) < 4.78 is 0. The lowest BCUT2D eigenvalue weighted by Crippen LogP contribution is -2.39. The fourth-order valence-electron chi connectivity index (χ4n) is 2.33. The zero-order chi connectivity index (χ0) is 13.2. The van der Waals surface area contributed by atoms with Crippen LogP contribution < -0.4 is 4.90 Å². The Balaban J connectivity index is 1.87. The molecule has 1 atom stereocenters. The van der Waals surface area contributed by atoms with Gasteiger partial charge in [-0.15, -0.1) is 11.8 Å². The number of anilines is 1. The van der Waals surface area contributed by atoms with E-state index in [0.29, 0.717) is 0 Å². The predicted molar refractivity (Wildman–Crippen MR) is 79.6 cm³/mol. The Morgan fingerprint density at radius 1 is 1.05 bits per heavy atom. The summed E-state index contributed by atoms with van der Waals surface area (Å²) >= 11 is 1.67. The Morgan fingerprint density at radius 2 is 1.74 bits per heavy atom. The van der Waals surface area contributed by atoms with Crippen LogP contribution in [0.4, 0.5) is 5.69 Å². The van der Waals surface area contributed by atoms with Crippen molar-refractivity contribution in [1.82, 2.24) is 0 Å². The van der Waals surface area contributed by atoms with Crippen LogP contribution in [0.15, 0.2) is 59.5 Å². The molecule has 1 unspecified atom stereocenters. The van der Waals surface area contributed by atoms with Gasteiger partial charge in [0.05, 0.1) is 10.9 Å². The van der Waals surface area contributed by atoms with Gasteiger partial charge in [0, 0.05) is 11.9 Å². The second-order valence-electron chi connectivity index (χ2n) is 4.66. The highest BCUT2D eigenvalue weighted by atomic mass is 32.2. The summed E-state index contributed by atoms with van der Waals surface area (Å²) in [5, 5.41) is -0.0256. The molecule has 0 saturated carbocycles. The predicted octanol–water partition coefficient (Wildman–Crippen LogP) is 3.37. The number of benzene rings is 2. The van der Waals surface area contributed by atoms with Gasteiger partial charge < -0.3 is 4.90 Å². The van der Waals surface area contributed by atoms with Crippen LogP contribution in [0.1, 0.15) is 5.56 Å². The SMILES string of the molecule is CN1C(=O)C(Cc2ccccc2)Sc2ccccc21. The zero-order valence-corrected chi connectivity index (χ0v) is 11.6. The van der Waals surface area contributed by atoms with E-state index in [-0.39, 0.29) is 11.2 Å². The second kappa shape index (κ2) is 5.10. The van der Waals surface area contributed by atoms with Gasteiger partial charge in [0.1, 0.15) is 0 Å². The van der Waals surface area contributed by atoms with Gasteiger partial charge >= 0.3 is 0 Å². The molecule has 1 aliphatic rings. The molecule has 1 heterocycles. The molecule has 2 aromatic carbocycles. The number of thioether (sulfide) groups is 1. The monoisotopic (exact) mass is 269 g/mol. The van der Waals surface area contributed by atoms with E-state index in [9.17, 15) is 4.79 Å². The van der Waals surface area contributed by atoms with Crippen LogP contribution >= 0.6 is 11.8 Å². The van der Waals surface area contributed by atoms with Crippen LogP contribution in [-0.4, -0.2) is 18.2 Å². The highest BCUT2D eigenvalue weighted by Gasteiger charge is 2.30. The maximum absolute atomic E-state index is 12.4. The molecule has 2 nitrogen and oxygen atoms in total. The van der Waals surface area contributed by atoms with Crippen molar-refractivity contribution < 1.29 is 4.79 Å². The summed E-state index contributed by atoms with van der Waals surface area (Å²) in [4.78, 5) is 15.4. The average Bonchev–Trinajstić information content (AvgIpc) is 2.46. The van der Waals surface area contributed by atoms with Crippen LogP contribution in [0.5, 0.6) is 0 Å². The Labute approximate surface area is 117 Å². The van der Waals surface area contributed by atoms with E-state index >= 15 is 0 Å². The standard InChI is InChI=1S/C16H15NOS/c1-17-13-9-5-6-10-14(13)19-15(16(17)18)11-12-7-3-2-4-8-12/h2-10,15H,11H2,1H3. The van der Waals surface area contributed by atoms with Crippen molar-refractivity contribution >= 4 is 23.4 Å². The molecule has 3 rings (SSSR count). The molecule has 0 bridgehead atoms. The summed E-state index contributed by atoms with van der Waals surface area (Å²) in [6.07, 6.45) is 0.781. The topological polar surface area (TPSA) is 20.3 Å². The third-order valence-corrected chi connectivity index (χ3v) is 4.62. The van der Waals surface area contributed by atoms with Crippen molar-refractivity contribution in [2.75, 3.05) is 11.9 Å². The smallest absolute Gasteiger partial charge is 0.240 e. The molecular weight excluding hydrogens is 254 g/mol. The molecule has 0 aromatic heterocycles. The molecule has 0 spiro atoms. The van der Waals surface area contributed by atoms with Crippen LogP contribution in [0.2, 0.25) is 0 Å². The zero-order valence-electron chi connectivity index (χ0n) is 10.7. The van der Waals surface area contributed by atoms with Crippen molar-refractivity contribution in [2.45, 2.75) is 16.6 Å². The number of fused-ring (bicyclic) bond motifs is 1. The molecule has 0 N–H and O–H groups in total. The van der Waals surface area contributed by atoms with E-state index < -0.39 is 0 Å². The van der Waals surface area contributed by atoms with Gasteiger partial charge in [-0.3, -0.25) is 4.79 Å². The van der Waals surface area contributed by atoms with Crippen molar-refractivity contribution in [3.63, 3.8) is 0 Å². The first-order valence-corrected chi connectivity index (χ1v) is 7.21. The van der Waals surface area contributed by atoms with Crippen LogP contribution in [0, 0.1) is 0 Å². The number of rotatable bonds is 2. The van der Waals surface area contributed by atoms with E-state index in [0.717, 1.165) is 12.1 Å². The number of nitrogens with zero attached hydrogens (tertiary/aromatic N) is 1. The molecule has 2 aromatic rings. The van der Waals surface area contributed by atoms with E-state index in [1.807, 2.05) is 43.4 Å². The van der Waals surface area contributed by atoms with Gasteiger partial charge in [-0.25, -0.2) is 0 Å². The van der Waals surface area contributed by atoms with Gasteiger partial charge in [-0.2, -0.15) is 0 Å². The number of para-hydroxylation sites is 1. The average molecular weight is 269 g/mol. The number of hydrogen-bond acceptors (Lipinski definition) is 2. The van der Waals surface area contributed by atoms with Crippen molar-refractivity contribution in [3.05, 3.63) is 60.2 Å². The Kier molecular flexibility index (Phi) is 3.30. The lowest BCUT2D eigenvalue weighted by Gasteiger charge is -2.31. The molecular formula is C16H15NOS.